The molecular formula is C6H12NSi+. The van der Waals surface area contributed by atoms with Gasteiger partial charge < -0.3 is 0 Å². The van der Waals surface area contributed by atoms with Crippen molar-refractivity contribution in [3.8, 4) is 6.07 Å². The maximum absolute atomic E-state index is 4.15. The summed E-state index contributed by atoms with van der Waals surface area (Å²) in [4.78, 5) is 0. The van der Waals surface area contributed by atoms with Crippen LogP contribution in [0.2, 0.25) is 19.6 Å². The zero-order valence-electron chi connectivity index (χ0n) is 5.73. The second-order valence-corrected chi connectivity index (χ2v) is 7.18. The maximum atomic E-state index is 4.15. The first-order valence-corrected chi connectivity index (χ1v) is 6.09. The summed E-state index contributed by atoms with van der Waals surface area (Å²) in [7, 11) is -1.24. The van der Waals surface area contributed by atoms with E-state index in [1.54, 1.807) is 6.08 Å². The maximum Gasteiger partial charge on any atom is 0.499 e. The molecule has 0 aromatic heterocycles. The molecule has 0 fully saturated rings. The van der Waals surface area contributed by atoms with Crippen LogP contribution in [0.25, 0.3) is 4.51 Å². The molecule has 1 nitrogen and oxygen atoms in total. The molecule has 44 valence electrons. The fourth-order valence-electron chi connectivity index (χ4n) is 0.239. The van der Waals surface area contributed by atoms with E-state index in [0.29, 0.717) is 0 Å². The Kier molecular flexibility index (Phi) is 2.50. The van der Waals surface area contributed by atoms with Crippen molar-refractivity contribution < 1.29 is 0 Å². The molecule has 0 heterocycles. The Morgan fingerprint density at radius 2 is 2.00 bits per heavy atom. The van der Waals surface area contributed by atoms with Gasteiger partial charge in [-0.15, -0.1) is 0 Å². The van der Waals surface area contributed by atoms with Gasteiger partial charge in [-0.1, -0.05) is 6.58 Å². The lowest BCUT2D eigenvalue weighted by atomic mass is 10.8. The molecule has 0 aliphatic heterocycles. The molecule has 8 heavy (non-hydrogen) atoms. The Bertz CT molecular complexity index is 133. The number of hydrogen-bond donors (Lipinski definition) is 0. The van der Waals surface area contributed by atoms with Gasteiger partial charge in [-0.05, 0) is 0 Å². The molecule has 0 spiro atoms. The van der Waals surface area contributed by atoms with E-state index in [1.807, 2.05) is 0 Å². The molecule has 0 unspecified atom stereocenters. The molecule has 0 bridgehead atoms. The fraction of sp³-hybridized carbons (Fsp3) is 0.500. The van der Waals surface area contributed by atoms with Gasteiger partial charge in [-0.25, -0.2) is 0 Å². The van der Waals surface area contributed by atoms with Gasteiger partial charge in [0, 0.05) is 19.6 Å². The van der Waals surface area contributed by atoms with Crippen LogP contribution in [-0.2, 0) is 0 Å². The molecule has 2 heteroatoms. The van der Waals surface area contributed by atoms with Crippen LogP contribution in [0.1, 0.15) is 0 Å². The Balaban J connectivity index is 3.87. The largest absolute Gasteiger partial charge is 0.499 e. The minimum atomic E-state index is -1.24. The van der Waals surface area contributed by atoms with Gasteiger partial charge in [0.2, 0.25) is 0 Å². The smallest absolute Gasteiger partial charge is 0.188 e. The summed E-state index contributed by atoms with van der Waals surface area (Å²) in [5, 5.41) is 0. The highest BCUT2D eigenvalue weighted by molar-refractivity contribution is 6.79. The zero-order chi connectivity index (χ0) is 6.62. The van der Waals surface area contributed by atoms with Crippen molar-refractivity contribution in [1.29, 1.82) is 0 Å². The lowest BCUT2D eigenvalue weighted by molar-refractivity contribution is 1.77. The average Bonchev–Trinajstić information content (AvgIpc) is 1.59. The Morgan fingerprint density at radius 1 is 1.50 bits per heavy atom. The van der Waals surface area contributed by atoms with Crippen LogP contribution in [0, 0.1) is 6.07 Å². The fourth-order valence-corrected chi connectivity index (χ4v) is 0.718. The van der Waals surface area contributed by atoms with E-state index in [2.05, 4.69) is 36.8 Å². The highest BCUT2D eigenvalue weighted by Crippen LogP contribution is 2.00. The van der Waals surface area contributed by atoms with Gasteiger partial charge in [-0.2, -0.15) is 4.51 Å². The van der Waals surface area contributed by atoms with Gasteiger partial charge in [0.05, 0.1) is 6.08 Å². The number of hydrogen-bond acceptors (Lipinski definition) is 0. The predicted molar refractivity (Wildman–Crippen MR) is 40.8 cm³/mol. The van der Waals surface area contributed by atoms with Crippen LogP contribution >= 0.6 is 0 Å². The summed E-state index contributed by atoms with van der Waals surface area (Å²) >= 11 is 0. The van der Waals surface area contributed by atoms with E-state index in [-0.39, 0.29) is 0 Å². The first-order chi connectivity index (χ1) is 3.56. The summed E-state index contributed by atoms with van der Waals surface area (Å²) in [6.07, 6.45) is 1.60. The molecule has 0 saturated carbocycles. The van der Waals surface area contributed by atoms with Crippen molar-refractivity contribution in [2.75, 3.05) is 0 Å². The third-order valence-electron chi connectivity index (χ3n) is 0.491. The van der Waals surface area contributed by atoms with Crippen LogP contribution in [0.4, 0.5) is 0 Å². The minimum Gasteiger partial charge on any atom is -0.188 e. The van der Waals surface area contributed by atoms with Gasteiger partial charge in [-0.3, -0.25) is 0 Å². The molecule has 0 radical (unpaired) electrons. The quantitative estimate of drug-likeness (QED) is 0.346. The van der Waals surface area contributed by atoms with Gasteiger partial charge in [0.1, 0.15) is 0 Å². The normalized spacial score (nSPS) is 9.38. The monoisotopic (exact) mass is 126 g/mol. The lowest BCUT2D eigenvalue weighted by Gasteiger charge is -1.83. The van der Waals surface area contributed by atoms with Crippen molar-refractivity contribution in [3.05, 3.63) is 17.2 Å². The predicted octanol–water partition coefficient (Wildman–Crippen LogP) is 2.34. The molecule has 0 N–H and O–H groups in total. The molecule has 0 aromatic rings. The number of rotatable bonds is 0. The first kappa shape index (κ1) is 7.45. The lowest BCUT2D eigenvalue weighted by Crippen LogP contribution is -2.12. The van der Waals surface area contributed by atoms with Crippen molar-refractivity contribution in [1.82, 2.24) is 0 Å². The number of allylic oxidation sites excluding steroid dienone is 1. The topological polar surface area (TPSA) is 4.36 Å². The van der Waals surface area contributed by atoms with Crippen LogP contribution in [0.15, 0.2) is 12.7 Å². The SMILES string of the molecule is C=CC#[N+][Si](C)(C)C. The van der Waals surface area contributed by atoms with Gasteiger partial charge >= 0.3 is 8.24 Å². The van der Waals surface area contributed by atoms with Crippen LogP contribution in [0.5, 0.6) is 0 Å². The summed E-state index contributed by atoms with van der Waals surface area (Å²) < 4.78 is 4.15. The summed E-state index contributed by atoms with van der Waals surface area (Å²) in [5.41, 5.74) is 0. The van der Waals surface area contributed by atoms with Crippen molar-refractivity contribution in [3.63, 3.8) is 0 Å². The third kappa shape index (κ3) is 5.45. The molecule has 0 amide bonds. The van der Waals surface area contributed by atoms with E-state index >= 15 is 0 Å². The van der Waals surface area contributed by atoms with Crippen LogP contribution in [0.3, 0.4) is 0 Å². The second-order valence-electron chi connectivity index (χ2n) is 2.62. The number of nitrogens with zero attached hydrogens (tertiary/aromatic N) is 1. The molecular weight excluding hydrogens is 114 g/mol. The van der Waals surface area contributed by atoms with Gasteiger partial charge in [0.15, 0.2) is 0 Å². The standard InChI is InChI=1S/C6H12NSi/c1-5-6-7-8(2,3)4/h5H,1H2,2-4H3/q+1. The Labute approximate surface area is 51.9 Å². The third-order valence-corrected chi connectivity index (χ3v) is 1.29. The van der Waals surface area contributed by atoms with E-state index in [0.717, 1.165) is 0 Å². The Hall–Kier alpha value is -0.553. The molecule has 0 atom stereocenters. The molecule has 0 aromatic carbocycles. The van der Waals surface area contributed by atoms with E-state index in [1.165, 1.54) is 0 Å². The molecule has 0 aliphatic rings. The highest BCUT2D eigenvalue weighted by Gasteiger charge is 2.27. The molecule has 0 aliphatic carbocycles. The summed E-state index contributed by atoms with van der Waals surface area (Å²) in [6.45, 7) is 9.95. The average molecular weight is 126 g/mol. The van der Waals surface area contributed by atoms with Gasteiger partial charge in [0.25, 0.3) is 6.07 Å². The van der Waals surface area contributed by atoms with Crippen molar-refractivity contribution in [2.45, 2.75) is 19.6 Å². The van der Waals surface area contributed by atoms with Crippen molar-refractivity contribution >= 4 is 8.24 Å². The molecule has 0 saturated heterocycles. The van der Waals surface area contributed by atoms with E-state index < -0.39 is 8.24 Å². The second kappa shape index (κ2) is 2.68. The highest BCUT2D eigenvalue weighted by atomic mass is 28.3. The van der Waals surface area contributed by atoms with Crippen molar-refractivity contribution in [2.24, 2.45) is 0 Å². The Morgan fingerprint density at radius 3 is 2.12 bits per heavy atom. The molecule has 0 rings (SSSR count). The van der Waals surface area contributed by atoms with Crippen LogP contribution in [-0.4, -0.2) is 8.24 Å². The first-order valence-electron chi connectivity index (χ1n) is 2.64. The zero-order valence-corrected chi connectivity index (χ0v) is 6.73. The summed E-state index contributed by atoms with van der Waals surface area (Å²) in [6, 6.07) is 2.74. The summed E-state index contributed by atoms with van der Waals surface area (Å²) in [5.74, 6) is 0. The van der Waals surface area contributed by atoms with E-state index in [4.69, 9.17) is 0 Å². The minimum absolute atomic E-state index is 1.24. The van der Waals surface area contributed by atoms with Crippen LogP contribution < -0.4 is 0 Å². The van der Waals surface area contributed by atoms with E-state index in [9.17, 15) is 0 Å².